The predicted molar refractivity (Wildman–Crippen MR) is 70.0 cm³/mol. The third-order valence-electron chi connectivity index (χ3n) is 2.81. The van der Waals surface area contributed by atoms with Crippen LogP contribution in [0.15, 0.2) is 30.3 Å². The zero-order chi connectivity index (χ0) is 12.4. The van der Waals surface area contributed by atoms with Crippen molar-refractivity contribution in [3.05, 3.63) is 46.6 Å². The summed E-state index contributed by atoms with van der Waals surface area (Å²) >= 11 is 6.12. The van der Waals surface area contributed by atoms with Gasteiger partial charge >= 0.3 is 0 Å². The largest absolute Gasteiger partial charge is 0.331 e. The van der Waals surface area contributed by atoms with E-state index in [0.717, 1.165) is 17.8 Å². The first kappa shape index (κ1) is 11.8. The normalized spacial score (nSPS) is 10.2. The number of hydrogen-bond donors (Lipinski definition) is 0. The Morgan fingerprint density at radius 3 is 2.47 bits per heavy atom. The lowest BCUT2D eigenvalue weighted by Gasteiger charge is -2.08. The van der Waals surface area contributed by atoms with E-state index < -0.39 is 0 Å². The lowest BCUT2D eigenvalue weighted by atomic mass is 10.1. The van der Waals surface area contributed by atoms with Crippen molar-refractivity contribution in [2.75, 3.05) is 0 Å². The van der Waals surface area contributed by atoms with Crippen molar-refractivity contribution in [2.24, 2.45) is 0 Å². The fourth-order valence-electron chi connectivity index (χ4n) is 1.93. The van der Waals surface area contributed by atoms with E-state index in [1.54, 1.807) is 6.07 Å². The van der Waals surface area contributed by atoms with Gasteiger partial charge in [0.2, 0.25) is 0 Å². The monoisotopic (exact) mass is 244 g/mol. The van der Waals surface area contributed by atoms with E-state index in [9.17, 15) is 0 Å². The molecule has 1 aromatic heterocycles. The summed E-state index contributed by atoms with van der Waals surface area (Å²) < 4.78 is 1.95. The predicted octanol–water partition coefficient (Wildman–Crippen LogP) is 4.01. The van der Waals surface area contributed by atoms with Gasteiger partial charge in [0.25, 0.3) is 0 Å². The molecule has 2 rings (SSSR count). The molecule has 1 heterocycles. The fourth-order valence-corrected chi connectivity index (χ4v) is 2.25. The Hall–Kier alpha value is -1.72. The Balaban J connectivity index is 2.65. The summed E-state index contributed by atoms with van der Waals surface area (Å²) in [6, 6.07) is 12.0. The first-order chi connectivity index (χ1) is 8.17. The molecule has 3 heteroatoms. The lowest BCUT2D eigenvalue weighted by Crippen LogP contribution is -1.97. The van der Waals surface area contributed by atoms with Crippen LogP contribution in [-0.2, 0) is 6.54 Å². The molecule has 0 saturated heterocycles. The second-order valence-corrected chi connectivity index (χ2v) is 4.34. The van der Waals surface area contributed by atoms with Gasteiger partial charge in [-0.1, -0.05) is 41.4 Å². The summed E-state index contributed by atoms with van der Waals surface area (Å²) in [5.74, 6) is 0. The van der Waals surface area contributed by atoms with E-state index in [-0.39, 0.29) is 0 Å². The van der Waals surface area contributed by atoms with Gasteiger partial charge in [0.05, 0.1) is 11.3 Å². The zero-order valence-electron chi connectivity index (χ0n) is 9.87. The maximum Gasteiger partial charge on any atom is 0.110 e. The minimum atomic E-state index is 0.611. The summed E-state index contributed by atoms with van der Waals surface area (Å²) in [7, 11) is 0. The van der Waals surface area contributed by atoms with Crippen molar-refractivity contribution in [2.45, 2.75) is 20.4 Å². The fraction of sp³-hybridized carbons (Fsp3) is 0.214. The van der Waals surface area contributed by atoms with Crippen molar-refractivity contribution in [1.29, 1.82) is 5.26 Å². The molecule has 0 aliphatic carbocycles. The molecular formula is C14H13ClN2. The highest BCUT2D eigenvalue weighted by atomic mass is 35.5. The topological polar surface area (TPSA) is 28.7 Å². The van der Waals surface area contributed by atoms with Crippen molar-refractivity contribution in [3.63, 3.8) is 0 Å². The molecule has 0 aliphatic heterocycles. The molecule has 0 saturated carbocycles. The van der Waals surface area contributed by atoms with Crippen molar-refractivity contribution < 1.29 is 0 Å². The number of halogens is 1. The number of rotatable bonds is 2. The summed E-state index contributed by atoms with van der Waals surface area (Å²) in [4.78, 5) is 0. The average Bonchev–Trinajstić information content (AvgIpc) is 2.66. The van der Waals surface area contributed by atoms with Gasteiger partial charge in [-0.2, -0.15) is 5.26 Å². The average molecular weight is 245 g/mol. The molecule has 0 fully saturated rings. The van der Waals surface area contributed by atoms with Gasteiger partial charge in [0, 0.05) is 6.54 Å². The standard InChI is InChI=1S/C14H13ClN2/c1-3-17-13(15)8-12(9-16)14(17)11-6-4-10(2)5-7-11/h4-8H,3H2,1-2H3. The van der Waals surface area contributed by atoms with Crippen LogP contribution in [0.2, 0.25) is 5.15 Å². The summed E-state index contributed by atoms with van der Waals surface area (Å²) in [6.45, 7) is 4.81. The molecule has 1 aromatic carbocycles. The van der Waals surface area contributed by atoms with Gasteiger partial charge in [-0.05, 0) is 25.5 Å². The molecule has 2 nitrogen and oxygen atoms in total. The summed E-state index contributed by atoms with van der Waals surface area (Å²) in [6.07, 6.45) is 0. The molecule has 0 radical (unpaired) electrons. The van der Waals surface area contributed by atoms with Crippen molar-refractivity contribution in [3.8, 4) is 17.3 Å². The third kappa shape index (κ3) is 2.07. The van der Waals surface area contributed by atoms with Gasteiger partial charge in [-0.15, -0.1) is 0 Å². The van der Waals surface area contributed by atoms with Crippen LogP contribution in [0, 0.1) is 18.3 Å². The molecule has 0 atom stereocenters. The minimum absolute atomic E-state index is 0.611. The Labute approximate surface area is 106 Å². The van der Waals surface area contributed by atoms with E-state index in [4.69, 9.17) is 16.9 Å². The Bertz CT molecular complexity index is 574. The van der Waals surface area contributed by atoms with Gasteiger partial charge < -0.3 is 4.57 Å². The number of benzene rings is 1. The second-order valence-electron chi connectivity index (χ2n) is 3.95. The van der Waals surface area contributed by atoms with Gasteiger partial charge in [-0.3, -0.25) is 0 Å². The Morgan fingerprint density at radius 2 is 1.94 bits per heavy atom. The van der Waals surface area contributed by atoms with Crippen LogP contribution in [-0.4, -0.2) is 4.57 Å². The van der Waals surface area contributed by atoms with E-state index in [2.05, 4.69) is 6.07 Å². The van der Waals surface area contributed by atoms with Crippen LogP contribution in [0.5, 0.6) is 0 Å². The quantitative estimate of drug-likeness (QED) is 0.785. The smallest absolute Gasteiger partial charge is 0.110 e. The molecule has 2 aromatic rings. The highest BCUT2D eigenvalue weighted by molar-refractivity contribution is 6.30. The zero-order valence-corrected chi connectivity index (χ0v) is 10.6. The molecular weight excluding hydrogens is 232 g/mol. The maximum atomic E-state index is 9.15. The van der Waals surface area contributed by atoms with Gasteiger partial charge in [0.15, 0.2) is 0 Å². The van der Waals surface area contributed by atoms with Crippen LogP contribution in [0.1, 0.15) is 18.1 Å². The number of nitrogens with zero attached hydrogens (tertiary/aromatic N) is 2. The molecule has 0 unspecified atom stereocenters. The Kier molecular flexibility index (Phi) is 3.21. The van der Waals surface area contributed by atoms with E-state index in [0.29, 0.717) is 10.7 Å². The molecule has 0 bridgehead atoms. The molecule has 86 valence electrons. The number of aryl methyl sites for hydroxylation is 1. The Morgan fingerprint density at radius 1 is 1.29 bits per heavy atom. The van der Waals surface area contributed by atoms with Crippen LogP contribution in [0.4, 0.5) is 0 Å². The molecule has 0 aliphatic rings. The van der Waals surface area contributed by atoms with Crippen LogP contribution in [0.3, 0.4) is 0 Å². The first-order valence-corrected chi connectivity index (χ1v) is 5.91. The second kappa shape index (κ2) is 4.65. The van der Waals surface area contributed by atoms with Crippen molar-refractivity contribution in [1.82, 2.24) is 4.57 Å². The van der Waals surface area contributed by atoms with Crippen LogP contribution < -0.4 is 0 Å². The van der Waals surface area contributed by atoms with Crippen LogP contribution in [0.25, 0.3) is 11.3 Å². The molecule has 0 spiro atoms. The number of aromatic nitrogens is 1. The minimum Gasteiger partial charge on any atom is -0.331 e. The summed E-state index contributed by atoms with van der Waals surface area (Å²) in [5, 5.41) is 9.76. The van der Waals surface area contributed by atoms with Crippen molar-refractivity contribution >= 4 is 11.6 Å². The highest BCUT2D eigenvalue weighted by Gasteiger charge is 2.14. The molecule has 0 amide bonds. The van der Waals surface area contributed by atoms with E-state index >= 15 is 0 Å². The summed E-state index contributed by atoms with van der Waals surface area (Å²) in [5.41, 5.74) is 3.76. The lowest BCUT2D eigenvalue weighted by molar-refractivity contribution is 0.777. The molecule has 17 heavy (non-hydrogen) atoms. The van der Waals surface area contributed by atoms with E-state index in [1.807, 2.05) is 42.7 Å². The SMILES string of the molecule is CCn1c(Cl)cc(C#N)c1-c1ccc(C)cc1. The highest BCUT2D eigenvalue weighted by Crippen LogP contribution is 2.29. The van der Waals surface area contributed by atoms with Crippen LogP contribution >= 0.6 is 11.6 Å². The number of hydrogen-bond acceptors (Lipinski definition) is 1. The van der Waals surface area contributed by atoms with Gasteiger partial charge in [-0.25, -0.2) is 0 Å². The molecule has 0 N–H and O–H groups in total. The van der Waals surface area contributed by atoms with Gasteiger partial charge in [0.1, 0.15) is 11.2 Å². The van der Waals surface area contributed by atoms with E-state index in [1.165, 1.54) is 5.56 Å². The third-order valence-corrected chi connectivity index (χ3v) is 3.12. The maximum absolute atomic E-state index is 9.15. The first-order valence-electron chi connectivity index (χ1n) is 5.53. The number of nitriles is 1.